The number of halogens is 2. The van der Waals surface area contributed by atoms with Crippen LogP contribution in [0.1, 0.15) is 5.56 Å². The fourth-order valence-corrected chi connectivity index (χ4v) is 3.56. The SMILES string of the molecule is O=c1/c(=C\c2ccc(Br)cc2)sc2nc(-c3ccc(Cl)cc3)nn12. The van der Waals surface area contributed by atoms with Crippen molar-refractivity contribution in [2.45, 2.75) is 0 Å². The minimum atomic E-state index is -0.161. The van der Waals surface area contributed by atoms with Gasteiger partial charge in [0, 0.05) is 15.1 Å². The molecule has 2 aromatic carbocycles. The largest absolute Gasteiger partial charge is 0.291 e. The highest BCUT2D eigenvalue weighted by molar-refractivity contribution is 9.10. The van der Waals surface area contributed by atoms with Crippen molar-refractivity contribution in [1.82, 2.24) is 14.6 Å². The molecule has 0 aliphatic rings. The molecule has 4 aromatic rings. The molecule has 0 bridgehead atoms. The monoisotopic (exact) mass is 417 g/mol. The van der Waals surface area contributed by atoms with E-state index in [0.717, 1.165) is 15.6 Å². The molecule has 24 heavy (non-hydrogen) atoms. The fraction of sp³-hybridized carbons (Fsp3) is 0. The van der Waals surface area contributed by atoms with Crippen LogP contribution < -0.4 is 10.1 Å². The average Bonchev–Trinajstić information content (AvgIpc) is 3.11. The van der Waals surface area contributed by atoms with Crippen LogP contribution >= 0.6 is 38.9 Å². The van der Waals surface area contributed by atoms with Gasteiger partial charge < -0.3 is 0 Å². The number of aromatic nitrogens is 3. The van der Waals surface area contributed by atoms with E-state index >= 15 is 0 Å². The molecule has 7 heteroatoms. The van der Waals surface area contributed by atoms with Gasteiger partial charge in [-0.3, -0.25) is 4.79 Å². The van der Waals surface area contributed by atoms with Crippen LogP contribution in [0.25, 0.3) is 22.4 Å². The summed E-state index contributed by atoms with van der Waals surface area (Å²) in [5.74, 6) is 0.519. The van der Waals surface area contributed by atoms with Gasteiger partial charge in [-0.15, -0.1) is 5.10 Å². The van der Waals surface area contributed by atoms with Crippen LogP contribution in [0.5, 0.6) is 0 Å². The van der Waals surface area contributed by atoms with Crippen molar-refractivity contribution in [3.05, 3.63) is 78.5 Å². The molecule has 0 fully saturated rings. The lowest BCUT2D eigenvalue weighted by atomic mass is 10.2. The Morgan fingerprint density at radius 1 is 1.08 bits per heavy atom. The van der Waals surface area contributed by atoms with Crippen molar-refractivity contribution in [3.8, 4) is 11.4 Å². The summed E-state index contributed by atoms with van der Waals surface area (Å²) in [7, 11) is 0. The second-order valence-electron chi connectivity index (χ2n) is 5.10. The lowest BCUT2D eigenvalue weighted by Crippen LogP contribution is -2.23. The van der Waals surface area contributed by atoms with E-state index in [0.29, 0.717) is 20.3 Å². The van der Waals surface area contributed by atoms with E-state index in [4.69, 9.17) is 11.6 Å². The molecule has 2 heterocycles. The van der Waals surface area contributed by atoms with E-state index in [1.54, 1.807) is 12.1 Å². The number of rotatable bonds is 2. The fourth-order valence-electron chi connectivity index (χ4n) is 2.27. The molecule has 0 aliphatic heterocycles. The zero-order valence-corrected chi connectivity index (χ0v) is 15.3. The summed E-state index contributed by atoms with van der Waals surface area (Å²) in [4.78, 5) is 17.5. The Labute approximate surface area is 154 Å². The van der Waals surface area contributed by atoms with Gasteiger partial charge in [0.2, 0.25) is 4.96 Å². The predicted molar refractivity (Wildman–Crippen MR) is 101 cm³/mol. The molecule has 0 aliphatic carbocycles. The summed E-state index contributed by atoms with van der Waals surface area (Å²) in [6.45, 7) is 0. The van der Waals surface area contributed by atoms with E-state index < -0.39 is 0 Å². The maximum Gasteiger partial charge on any atom is 0.291 e. The van der Waals surface area contributed by atoms with Gasteiger partial charge in [-0.1, -0.05) is 51.0 Å². The van der Waals surface area contributed by atoms with Gasteiger partial charge in [-0.05, 0) is 48.0 Å². The molecule has 0 unspecified atom stereocenters. The summed E-state index contributed by atoms with van der Waals surface area (Å²) in [5, 5.41) is 4.97. The third-order valence-electron chi connectivity index (χ3n) is 3.45. The second kappa shape index (κ2) is 6.12. The molecule has 0 saturated heterocycles. The Bertz CT molecular complexity index is 1130. The first-order chi connectivity index (χ1) is 11.6. The van der Waals surface area contributed by atoms with Gasteiger partial charge >= 0.3 is 0 Å². The maximum atomic E-state index is 12.5. The highest BCUT2D eigenvalue weighted by Gasteiger charge is 2.11. The van der Waals surface area contributed by atoms with E-state index in [-0.39, 0.29) is 5.56 Å². The zero-order chi connectivity index (χ0) is 16.7. The molecular formula is C17H9BrClN3OS. The second-order valence-corrected chi connectivity index (χ2v) is 7.47. The quantitative estimate of drug-likeness (QED) is 0.498. The molecule has 0 radical (unpaired) electrons. The first-order valence-corrected chi connectivity index (χ1v) is 9.02. The van der Waals surface area contributed by atoms with Crippen LogP contribution in [-0.4, -0.2) is 14.6 Å². The Balaban J connectivity index is 1.79. The molecule has 2 aromatic heterocycles. The van der Waals surface area contributed by atoms with Crippen LogP contribution in [0.15, 0.2) is 57.8 Å². The number of thiazole rings is 1. The van der Waals surface area contributed by atoms with Gasteiger partial charge in [-0.2, -0.15) is 9.50 Å². The van der Waals surface area contributed by atoms with Crippen molar-refractivity contribution in [3.63, 3.8) is 0 Å². The molecule has 0 atom stereocenters. The zero-order valence-electron chi connectivity index (χ0n) is 12.1. The lowest BCUT2D eigenvalue weighted by molar-refractivity contribution is 0.937. The van der Waals surface area contributed by atoms with E-state index in [2.05, 4.69) is 26.0 Å². The molecule has 118 valence electrons. The number of hydrogen-bond donors (Lipinski definition) is 0. The number of hydrogen-bond acceptors (Lipinski definition) is 4. The standard InChI is InChI=1S/C17H9BrClN3OS/c18-12-5-1-10(2-6-12)9-14-16(23)22-17(24-14)20-15(21-22)11-3-7-13(19)8-4-11/h1-9H/b14-9+. The highest BCUT2D eigenvalue weighted by Crippen LogP contribution is 2.19. The van der Waals surface area contributed by atoms with Gasteiger partial charge in [0.15, 0.2) is 5.82 Å². The molecule has 0 N–H and O–H groups in total. The number of benzene rings is 2. The van der Waals surface area contributed by atoms with Gasteiger partial charge in [0.1, 0.15) is 0 Å². The van der Waals surface area contributed by atoms with Crippen molar-refractivity contribution in [2.75, 3.05) is 0 Å². The average molecular weight is 419 g/mol. The summed E-state index contributed by atoms with van der Waals surface area (Å²) in [6.07, 6.45) is 1.85. The Hall–Kier alpha value is -2.02. The minimum absolute atomic E-state index is 0.161. The van der Waals surface area contributed by atoms with Crippen molar-refractivity contribution in [2.24, 2.45) is 0 Å². The molecule has 4 rings (SSSR count). The summed E-state index contributed by atoms with van der Waals surface area (Å²) < 4.78 is 2.95. The van der Waals surface area contributed by atoms with Gasteiger partial charge in [-0.25, -0.2) is 0 Å². The minimum Gasteiger partial charge on any atom is -0.266 e. The molecule has 0 saturated carbocycles. The van der Waals surface area contributed by atoms with Crippen LogP contribution in [0.2, 0.25) is 5.02 Å². The maximum absolute atomic E-state index is 12.5. The molecule has 0 amide bonds. The molecule has 4 nitrogen and oxygen atoms in total. The van der Waals surface area contributed by atoms with Gasteiger partial charge in [0.05, 0.1) is 4.53 Å². The third-order valence-corrected chi connectivity index (χ3v) is 5.19. The molecular weight excluding hydrogens is 410 g/mol. The highest BCUT2D eigenvalue weighted by atomic mass is 79.9. The first kappa shape index (κ1) is 15.5. The van der Waals surface area contributed by atoms with Crippen LogP contribution in [0.4, 0.5) is 0 Å². The smallest absolute Gasteiger partial charge is 0.266 e. The summed E-state index contributed by atoms with van der Waals surface area (Å²) in [5.41, 5.74) is 1.62. The van der Waals surface area contributed by atoms with E-state index in [1.165, 1.54) is 15.9 Å². The van der Waals surface area contributed by atoms with E-state index in [1.807, 2.05) is 42.5 Å². The van der Waals surface area contributed by atoms with Crippen LogP contribution in [0.3, 0.4) is 0 Å². The first-order valence-electron chi connectivity index (χ1n) is 7.03. The van der Waals surface area contributed by atoms with E-state index in [9.17, 15) is 4.79 Å². The van der Waals surface area contributed by atoms with Crippen LogP contribution in [0, 0.1) is 0 Å². The van der Waals surface area contributed by atoms with Gasteiger partial charge in [0.25, 0.3) is 5.56 Å². The normalized spacial score (nSPS) is 12.2. The number of nitrogens with zero attached hydrogens (tertiary/aromatic N) is 3. The number of fused-ring (bicyclic) bond motifs is 1. The lowest BCUT2D eigenvalue weighted by Gasteiger charge is -1.94. The van der Waals surface area contributed by atoms with Crippen molar-refractivity contribution in [1.29, 1.82) is 0 Å². The summed E-state index contributed by atoms with van der Waals surface area (Å²) in [6, 6.07) is 15.0. The van der Waals surface area contributed by atoms with Crippen molar-refractivity contribution < 1.29 is 0 Å². The summed E-state index contributed by atoms with van der Waals surface area (Å²) >= 11 is 10.6. The third kappa shape index (κ3) is 2.88. The van der Waals surface area contributed by atoms with Crippen molar-refractivity contribution >= 4 is 49.9 Å². The Morgan fingerprint density at radius 2 is 1.79 bits per heavy atom. The Kier molecular flexibility index (Phi) is 3.96. The Morgan fingerprint density at radius 3 is 2.46 bits per heavy atom. The predicted octanol–water partition coefficient (Wildman–Crippen LogP) is 3.78. The molecule has 0 spiro atoms. The topological polar surface area (TPSA) is 47.3 Å². The van der Waals surface area contributed by atoms with Crippen LogP contribution in [-0.2, 0) is 0 Å².